The van der Waals surface area contributed by atoms with Crippen LogP contribution in [-0.4, -0.2) is 27.1 Å². The summed E-state index contributed by atoms with van der Waals surface area (Å²) in [6.07, 6.45) is 4.17. The molecule has 70 valence electrons. The van der Waals surface area contributed by atoms with Crippen molar-refractivity contribution in [2.45, 2.75) is 0 Å². The van der Waals surface area contributed by atoms with Gasteiger partial charge in [-0.2, -0.15) is 0 Å². The fourth-order valence-corrected chi connectivity index (χ4v) is 1.34. The molecule has 0 saturated heterocycles. The van der Waals surface area contributed by atoms with Crippen LogP contribution in [0.25, 0.3) is 10.8 Å². The molecule has 0 spiro atoms. The van der Waals surface area contributed by atoms with Crippen molar-refractivity contribution < 1.29 is 10.0 Å². The minimum absolute atomic E-state index is 0.230. The minimum Gasteiger partial charge on any atom is -0.423 e. The smallest absolute Gasteiger partial charge is 0.423 e. The zero-order valence-corrected chi connectivity index (χ0v) is 7.14. The van der Waals surface area contributed by atoms with Gasteiger partial charge in [0.25, 0.3) is 5.56 Å². The molecule has 0 aliphatic heterocycles. The monoisotopic (exact) mass is 190 g/mol. The van der Waals surface area contributed by atoms with Gasteiger partial charge in [-0.1, -0.05) is 0 Å². The van der Waals surface area contributed by atoms with Gasteiger partial charge in [-0.05, 0) is 11.5 Å². The maximum Gasteiger partial charge on any atom is 0.490 e. The van der Waals surface area contributed by atoms with Gasteiger partial charge in [0.05, 0.1) is 5.39 Å². The van der Waals surface area contributed by atoms with Crippen LogP contribution < -0.4 is 11.0 Å². The van der Waals surface area contributed by atoms with Gasteiger partial charge < -0.3 is 15.0 Å². The lowest BCUT2D eigenvalue weighted by Gasteiger charge is -2.02. The van der Waals surface area contributed by atoms with E-state index in [1.165, 1.54) is 18.6 Å². The topological polar surface area (TPSA) is 86.2 Å². The number of rotatable bonds is 1. The molecule has 0 atom stereocenters. The van der Waals surface area contributed by atoms with Crippen molar-refractivity contribution in [2.24, 2.45) is 0 Å². The van der Waals surface area contributed by atoms with E-state index in [4.69, 9.17) is 10.0 Å². The van der Waals surface area contributed by atoms with Crippen molar-refractivity contribution in [3.63, 3.8) is 0 Å². The van der Waals surface area contributed by atoms with Crippen molar-refractivity contribution in [1.29, 1.82) is 0 Å². The first kappa shape index (κ1) is 8.92. The fraction of sp³-hybridized carbons (Fsp3) is 0. The molecule has 0 fully saturated rings. The summed E-state index contributed by atoms with van der Waals surface area (Å²) in [5, 5.41) is 18.9. The molecule has 0 saturated carbocycles. The third kappa shape index (κ3) is 1.30. The Hall–Kier alpha value is -1.66. The first-order chi connectivity index (χ1) is 6.70. The first-order valence-corrected chi connectivity index (χ1v) is 4.01. The molecule has 2 heterocycles. The molecule has 0 radical (unpaired) electrons. The average Bonchev–Trinajstić information content (AvgIpc) is 2.17. The molecule has 3 N–H and O–H groups in total. The van der Waals surface area contributed by atoms with Crippen molar-refractivity contribution in [3.05, 3.63) is 35.0 Å². The number of pyridine rings is 2. The molecule has 0 unspecified atom stereocenters. The summed E-state index contributed by atoms with van der Waals surface area (Å²) in [7, 11) is -1.62. The number of fused-ring (bicyclic) bond motifs is 1. The van der Waals surface area contributed by atoms with Gasteiger partial charge in [-0.25, -0.2) is 0 Å². The Morgan fingerprint density at radius 1 is 1.29 bits per heavy atom. The second kappa shape index (κ2) is 3.24. The summed E-state index contributed by atoms with van der Waals surface area (Å²) in [6, 6.07) is 1.60. The van der Waals surface area contributed by atoms with E-state index in [1.54, 1.807) is 6.07 Å². The molecule has 0 aromatic carbocycles. The lowest BCUT2D eigenvalue weighted by Crippen LogP contribution is -2.31. The van der Waals surface area contributed by atoms with Crippen LogP contribution in [0.1, 0.15) is 0 Å². The van der Waals surface area contributed by atoms with Crippen molar-refractivity contribution in [2.75, 3.05) is 0 Å². The first-order valence-electron chi connectivity index (χ1n) is 4.01. The maximum atomic E-state index is 11.3. The predicted octanol–water partition coefficient (Wildman–Crippen LogP) is -1.40. The van der Waals surface area contributed by atoms with Crippen LogP contribution in [0.15, 0.2) is 29.5 Å². The van der Waals surface area contributed by atoms with Gasteiger partial charge in [0, 0.05) is 24.1 Å². The summed E-state index contributed by atoms with van der Waals surface area (Å²) in [5.74, 6) is 0. The van der Waals surface area contributed by atoms with E-state index < -0.39 is 7.12 Å². The normalized spacial score (nSPS) is 10.4. The van der Waals surface area contributed by atoms with E-state index in [0.717, 1.165) is 0 Å². The van der Waals surface area contributed by atoms with E-state index >= 15 is 0 Å². The molecule has 2 rings (SSSR count). The average molecular weight is 190 g/mol. The zero-order chi connectivity index (χ0) is 10.1. The van der Waals surface area contributed by atoms with Gasteiger partial charge in [-0.15, -0.1) is 0 Å². The second-order valence-electron chi connectivity index (χ2n) is 2.87. The Labute approximate surface area is 79.2 Å². The Kier molecular flexibility index (Phi) is 2.07. The highest BCUT2D eigenvalue weighted by Crippen LogP contribution is 2.03. The Balaban J connectivity index is 2.88. The highest BCUT2D eigenvalue weighted by atomic mass is 16.4. The lowest BCUT2D eigenvalue weighted by atomic mass is 9.79. The molecule has 2 aromatic rings. The van der Waals surface area contributed by atoms with Crippen LogP contribution in [0.4, 0.5) is 0 Å². The van der Waals surface area contributed by atoms with Gasteiger partial charge in [0.2, 0.25) is 0 Å². The largest absolute Gasteiger partial charge is 0.490 e. The number of hydrogen-bond acceptors (Lipinski definition) is 4. The van der Waals surface area contributed by atoms with Crippen LogP contribution in [0.2, 0.25) is 0 Å². The summed E-state index contributed by atoms with van der Waals surface area (Å²) in [6.45, 7) is 0. The number of H-pyrrole nitrogens is 1. The number of hydrogen-bond donors (Lipinski definition) is 3. The third-order valence-electron chi connectivity index (χ3n) is 2.01. The predicted molar refractivity (Wildman–Crippen MR) is 52.2 cm³/mol. The van der Waals surface area contributed by atoms with Gasteiger partial charge in [0.15, 0.2) is 0 Å². The molecule has 5 nitrogen and oxygen atoms in total. The zero-order valence-electron chi connectivity index (χ0n) is 7.14. The molecule has 6 heteroatoms. The van der Waals surface area contributed by atoms with E-state index in [1.807, 2.05) is 0 Å². The molecule has 0 bridgehead atoms. The Morgan fingerprint density at radius 2 is 2.07 bits per heavy atom. The van der Waals surface area contributed by atoms with Crippen molar-refractivity contribution >= 4 is 23.4 Å². The quantitative estimate of drug-likeness (QED) is 0.483. The highest BCUT2D eigenvalue weighted by molar-refractivity contribution is 6.61. The SMILES string of the molecule is O=c1[nH]ccc2c(B(O)O)cncc12. The molecular weight excluding hydrogens is 183 g/mol. The summed E-state index contributed by atoms with van der Waals surface area (Å²) >= 11 is 0. The molecule has 0 aliphatic carbocycles. The second-order valence-corrected chi connectivity index (χ2v) is 2.87. The van der Waals surface area contributed by atoms with E-state index in [2.05, 4.69) is 9.97 Å². The molecule has 0 amide bonds. The van der Waals surface area contributed by atoms with Crippen molar-refractivity contribution in [3.8, 4) is 0 Å². The summed E-state index contributed by atoms with van der Waals surface area (Å²) in [5.41, 5.74) is -0.0638. The van der Waals surface area contributed by atoms with E-state index in [-0.39, 0.29) is 11.0 Å². The van der Waals surface area contributed by atoms with Gasteiger partial charge in [0.1, 0.15) is 0 Å². The van der Waals surface area contributed by atoms with E-state index in [9.17, 15) is 4.79 Å². The standard InChI is InChI=1S/C8H7BN2O3/c12-8-6-3-10-4-7(9(13)14)5(6)1-2-11-8/h1-4,13-14H,(H,11,12). The van der Waals surface area contributed by atoms with Crippen molar-refractivity contribution in [1.82, 2.24) is 9.97 Å². The van der Waals surface area contributed by atoms with Crippen LogP contribution in [0.3, 0.4) is 0 Å². The van der Waals surface area contributed by atoms with Gasteiger partial charge >= 0.3 is 7.12 Å². The lowest BCUT2D eigenvalue weighted by molar-refractivity contribution is 0.426. The minimum atomic E-state index is -1.62. The Morgan fingerprint density at radius 3 is 2.79 bits per heavy atom. The molecule has 0 aliphatic rings. The molecule has 14 heavy (non-hydrogen) atoms. The molecular formula is C8H7BN2O3. The van der Waals surface area contributed by atoms with Crippen LogP contribution in [0.5, 0.6) is 0 Å². The summed E-state index contributed by atoms with van der Waals surface area (Å²) < 4.78 is 0. The maximum absolute atomic E-state index is 11.3. The highest BCUT2D eigenvalue weighted by Gasteiger charge is 2.15. The number of aromatic nitrogens is 2. The number of nitrogens with one attached hydrogen (secondary N) is 1. The molecule has 2 aromatic heterocycles. The van der Waals surface area contributed by atoms with Crippen LogP contribution in [-0.2, 0) is 0 Å². The fourth-order valence-electron chi connectivity index (χ4n) is 1.34. The third-order valence-corrected chi connectivity index (χ3v) is 2.01. The Bertz CT molecular complexity index is 523. The number of nitrogens with zero attached hydrogens (tertiary/aromatic N) is 1. The van der Waals surface area contributed by atoms with Crippen LogP contribution >= 0.6 is 0 Å². The van der Waals surface area contributed by atoms with Crippen LogP contribution in [0, 0.1) is 0 Å². The summed E-state index contributed by atoms with van der Waals surface area (Å²) in [4.78, 5) is 17.5. The van der Waals surface area contributed by atoms with Gasteiger partial charge in [-0.3, -0.25) is 9.78 Å². The van der Waals surface area contributed by atoms with E-state index in [0.29, 0.717) is 10.8 Å². The number of aromatic amines is 1.